The summed E-state index contributed by atoms with van der Waals surface area (Å²) in [6, 6.07) is 8.50. The number of piperidine rings is 1. The van der Waals surface area contributed by atoms with Crippen LogP contribution in [-0.2, 0) is 0 Å². The Balaban J connectivity index is 1.51. The van der Waals surface area contributed by atoms with E-state index in [0.29, 0.717) is 5.39 Å². The van der Waals surface area contributed by atoms with E-state index in [0.717, 1.165) is 37.7 Å². The van der Waals surface area contributed by atoms with Crippen molar-refractivity contribution in [3.05, 3.63) is 53.5 Å². The predicted molar refractivity (Wildman–Crippen MR) is 94.8 cm³/mol. The van der Waals surface area contributed by atoms with Gasteiger partial charge in [0, 0.05) is 42.5 Å². The summed E-state index contributed by atoms with van der Waals surface area (Å²) in [5, 5.41) is 7.33. The van der Waals surface area contributed by atoms with Gasteiger partial charge in [-0.25, -0.2) is 8.78 Å². The van der Waals surface area contributed by atoms with Crippen LogP contribution in [0, 0.1) is 11.6 Å². The lowest BCUT2D eigenvalue weighted by Crippen LogP contribution is -2.38. The van der Waals surface area contributed by atoms with Crippen LogP contribution in [0.1, 0.15) is 12.8 Å². The number of pyridine rings is 1. The number of nitrogens with one attached hydrogen (secondary N) is 1. The molecule has 4 rings (SSSR count). The van der Waals surface area contributed by atoms with Crippen molar-refractivity contribution in [1.82, 2.24) is 4.98 Å². The van der Waals surface area contributed by atoms with E-state index in [-0.39, 0.29) is 11.6 Å². The Hall–Kier alpha value is -2.21. The van der Waals surface area contributed by atoms with Crippen molar-refractivity contribution in [2.45, 2.75) is 18.9 Å². The van der Waals surface area contributed by atoms with Gasteiger partial charge >= 0.3 is 0 Å². The molecular formula is C18H17F2N3S. The van der Waals surface area contributed by atoms with Gasteiger partial charge in [-0.3, -0.25) is 4.98 Å². The summed E-state index contributed by atoms with van der Waals surface area (Å²) in [5.74, 6) is -1.20. The number of aromatic nitrogens is 1. The van der Waals surface area contributed by atoms with Crippen LogP contribution in [0.2, 0.25) is 0 Å². The van der Waals surface area contributed by atoms with Gasteiger partial charge in [-0.1, -0.05) is 0 Å². The molecule has 3 heterocycles. The van der Waals surface area contributed by atoms with Crippen LogP contribution in [0.5, 0.6) is 0 Å². The number of thiophene rings is 1. The lowest BCUT2D eigenvalue weighted by molar-refractivity contribution is 0.529. The second-order valence-corrected chi connectivity index (χ2v) is 6.93. The lowest BCUT2D eigenvalue weighted by Gasteiger charge is -2.33. The normalized spacial score (nSPS) is 15.8. The van der Waals surface area contributed by atoms with Gasteiger partial charge in [-0.15, -0.1) is 11.3 Å². The maximum atomic E-state index is 13.9. The van der Waals surface area contributed by atoms with Gasteiger partial charge in [0.2, 0.25) is 0 Å². The minimum atomic E-state index is -0.624. The second-order valence-electron chi connectivity index (χ2n) is 6.00. The average molecular weight is 345 g/mol. The van der Waals surface area contributed by atoms with Crippen molar-refractivity contribution < 1.29 is 8.78 Å². The summed E-state index contributed by atoms with van der Waals surface area (Å²) in [4.78, 5) is 6.41. The molecule has 1 fully saturated rings. The van der Waals surface area contributed by atoms with Gasteiger partial charge in [0.15, 0.2) is 5.82 Å². The Morgan fingerprint density at radius 3 is 2.75 bits per heavy atom. The molecule has 1 aromatic carbocycles. The molecule has 0 spiro atoms. The Morgan fingerprint density at radius 2 is 2.00 bits per heavy atom. The van der Waals surface area contributed by atoms with Gasteiger partial charge in [-0.05, 0) is 42.5 Å². The maximum absolute atomic E-state index is 13.9. The summed E-state index contributed by atoms with van der Waals surface area (Å²) in [7, 11) is 0. The molecule has 2 aromatic heterocycles. The van der Waals surface area contributed by atoms with Gasteiger partial charge in [0.05, 0.1) is 5.00 Å². The number of hydrogen-bond acceptors (Lipinski definition) is 4. The maximum Gasteiger partial charge on any atom is 0.152 e. The zero-order chi connectivity index (χ0) is 16.5. The first-order valence-electron chi connectivity index (χ1n) is 7.99. The molecule has 3 nitrogen and oxygen atoms in total. The van der Waals surface area contributed by atoms with Crippen molar-refractivity contribution >= 4 is 32.9 Å². The van der Waals surface area contributed by atoms with E-state index in [1.165, 1.54) is 11.1 Å². The first-order chi connectivity index (χ1) is 11.7. The van der Waals surface area contributed by atoms with E-state index >= 15 is 0 Å². The second kappa shape index (κ2) is 6.36. The fourth-order valence-electron chi connectivity index (χ4n) is 3.22. The molecule has 24 heavy (non-hydrogen) atoms. The minimum Gasteiger partial charge on any atom is -0.382 e. The average Bonchev–Trinajstić information content (AvgIpc) is 3.11. The monoisotopic (exact) mass is 345 g/mol. The fourth-order valence-corrected chi connectivity index (χ4v) is 4.00. The highest BCUT2D eigenvalue weighted by atomic mass is 32.1. The number of halogens is 2. The highest BCUT2D eigenvalue weighted by Crippen LogP contribution is 2.29. The highest BCUT2D eigenvalue weighted by Gasteiger charge is 2.20. The summed E-state index contributed by atoms with van der Waals surface area (Å²) >= 11 is 1.75. The largest absolute Gasteiger partial charge is 0.382 e. The van der Waals surface area contributed by atoms with Crippen molar-refractivity contribution in [3.8, 4) is 0 Å². The topological polar surface area (TPSA) is 28.2 Å². The SMILES string of the molecule is Fc1cc(F)c2nccc(NC3CCN(c4cccs4)CC3)c2c1. The molecule has 1 N–H and O–H groups in total. The Bertz CT molecular complexity index is 843. The molecule has 0 amide bonds. The molecule has 0 saturated carbocycles. The zero-order valence-electron chi connectivity index (χ0n) is 13.0. The summed E-state index contributed by atoms with van der Waals surface area (Å²) in [6.45, 7) is 1.95. The molecule has 1 aliphatic rings. The van der Waals surface area contributed by atoms with Crippen LogP contribution in [-0.4, -0.2) is 24.1 Å². The van der Waals surface area contributed by atoms with Crippen LogP contribution in [0.3, 0.4) is 0 Å². The number of rotatable bonds is 3. The van der Waals surface area contributed by atoms with E-state index in [4.69, 9.17) is 0 Å². The minimum absolute atomic E-state index is 0.206. The van der Waals surface area contributed by atoms with Crippen LogP contribution >= 0.6 is 11.3 Å². The quantitative estimate of drug-likeness (QED) is 0.748. The Kier molecular flexibility index (Phi) is 4.06. The van der Waals surface area contributed by atoms with Gasteiger partial charge < -0.3 is 10.2 Å². The molecule has 0 radical (unpaired) electrons. The zero-order valence-corrected chi connectivity index (χ0v) is 13.8. The number of anilines is 2. The molecular weight excluding hydrogens is 328 g/mol. The summed E-state index contributed by atoms with van der Waals surface area (Å²) in [5.41, 5.74) is 0.949. The fraction of sp³-hybridized carbons (Fsp3) is 0.278. The van der Waals surface area contributed by atoms with E-state index < -0.39 is 11.6 Å². The molecule has 1 saturated heterocycles. The van der Waals surface area contributed by atoms with Crippen molar-refractivity contribution in [2.24, 2.45) is 0 Å². The third-order valence-corrected chi connectivity index (χ3v) is 5.36. The predicted octanol–water partition coefficient (Wildman–Crippen LogP) is 4.66. The number of nitrogens with zero attached hydrogens (tertiary/aromatic N) is 2. The van der Waals surface area contributed by atoms with Gasteiger partial charge in [0.25, 0.3) is 0 Å². The van der Waals surface area contributed by atoms with Crippen molar-refractivity contribution in [2.75, 3.05) is 23.3 Å². The molecule has 124 valence electrons. The number of benzene rings is 1. The van der Waals surface area contributed by atoms with Crippen LogP contribution in [0.4, 0.5) is 19.5 Å². The van der Waals surface area contributed by atoms with Gasteiger partial charge in [-0.2, -0.15) is 0 Å². The van der Waals surface area contributed by atoms with Crippen molar-refractivity contribution in [1.29, 1.82) is 0 Å². The first-order valence-corrected chi connectivity index (χ1v) is 8.87. The molecule has 6 heteroatoms. The molecule has 0 aliphatic carbocycles. The van der Waals surface area contributed by atoms with Crippen LogP contribution < -0.4 is 10.2 Å². The first kappa shape index (κ1) is 15.3. The number of fused-ring (bicyclic) bond motifs is 1. The molecule has 0 bridgehead atoms. The standard InChI is InChI=1S/C18H17F2N3S/c19-12-10-14-16(3-6-21-18(14)15(20)11-12)22-13-4-7-23(8-5-13)17-2-1-9-24-17/h1-3,6,9-11,13H,4-5,7-8H2,(H,21,22). The van der Waals surface area contributed by atoms with E-state index in [1.54, 1.807) is 23.6 Å². The van der Waals surface area contributed by atoms with Gasteiger partial charge in [0.1, 0.15) is 11.3 Å². The molecule has 1 aliphatic heterocycles. The lowest BCUT2D eigenvalue weighted by atomic mass is 10.0. The summed E-state index contributed by atoms with van der Waals surface area (Å²) < 4.78 is 27.4. The smallest absolute Gasteiger partial charge is 0.152 e. The molecule has 0 unspecified atom stereocenters. The van der Waals surface area contributed by atoms with Crippen molar-refractivity contribution in [3.63, 3.8) is 0 Å². The number of hydrogen-bond donors (Lipinski definition) is 1. The third kappa shape index (κ3) is 2.94. The molecule has 0 atom stereocenters. The third-order valence-electron chi connectivity index (χ3n) is 4.44. The van der Waals surface area contributed by atoms with E-state index in [9.17, 15) is 8.78 Å². The van der Waals surface area contributed by atoms with E-state index in [2.05, 4.69) is 32.7 Å². The highest BCUT2D eigenvalue weighted by molar-refractivity contribution is 7.14. The van der Waals surface area contributed by atoms with E-state index in [1.807, 2.05) is 0 Å². The Labute approximate surface area is 142 Å². The Morgan fingerprint density at radius 1 is 1.17 bits per heavy atom. The van der Waals surface area contributed by atoms with Crippen LogP contribution in [0.15, 0.2) is 41.9 Å². The molecule has 3 aromatic rings. The van der Waals surface area contributed by atoms with Crippen LogP contribution in [0.25, 0.3) is 10.9 Å². The summed E-state index contributed by atoms with van der Waals surface area (Å²) in [6.07, 6.45) is 3.53.